The van der Waals surface area contributed by atoms with E-state index in [1.54, 1.807) is 7.11 Å². The lowest BCUT2D eigenvalue weighted by molar-refractivity contribution is 0.371. The monoisotopic (exact) mass is 208 g/mol. The van der Waals surface area contributed by atoms with Crippen molar-refractivity contribution >= 4 is 0 Å². The average Bonchev–Trinajstić information content (AvgIpc) is 2.16. The lowest BCUT2D eigenvalue weighted by Crippen LogP contribution is -2.26. The van der Waals surface area contributed by atoms with Crippen molar-refractivity contribution in [2.45, 2.75) is 27.2 Å². The number of methoxy groups -OCH3 is 1. The van der Waals surface area contributed by atoms with Gasteiger partial charge in [-0.05, 0) is 36.9 Å². The number of rotatable bonds is 4. The van der Waals surface area contributed by atoms with Crippen molar-refractivity contribution in [2.75, 3.05) is 13.7 Å². The van der Waals surface area contributed by atoms with Crippen molar-refractivity contribution in [3.05, 3.63) is 23.4 Å². The van der Waals surface area contributed by atoms with Gasteiger partial charge in [0.1, 0.15) is 0 Å². The molecule has 0 spiro atoms. The van der Waals surface area contributed by atoms with Crippen LogP contribution in [0.15, 0.2) is 12.1 Å². The summed E-state index contributed by atoms with van der Waals surface area (Å²) >= 11 is 0. The van der Waals surface area contributed by atoms with E-state index < -0.39 is 0 Å². The minimum Gasteiger partial charge on any atom is -0.481 e. The SMILES string of the molecule is COc1cc(CC(C)(C)CN)cc(C)n1. The standard InChI is InChI=1S/C12H20N2O/c1-9-5-10(6-11(14-9)15-4)7-12(2,3)8-13/h5-6H,7-8,13H2,1-4H3. The van der Waals surface area contributed by atoms with Gasteiger partial charge in [-0.3, -0.25) is 0 Å². The number of pyridine rings is 1. The van der Waals surface area contributed by atoms with Crippen molar-refractivity contribution in [3.63, 3.8) is 0 Å². The molecular weight excluding hydrogens is 188 g/mol. The Bertz CT molecular complexity index is 334. The molecule has 0 fully saturated rings. The van der Waals surface area contributed by atoms with Crippen LogP contribution in [0.5, 0.6) is 5.88 Å². The van der Waals surface area contributed by atoms with Gasteiger partial charge in [0.2, 0.25) is 5.88 Å². The fraction of sp³-hybridized carbons (Fsp3) is 0.583. The van der Waals surface area contributed by atoms with Crippen LogP contribution in [0.2, 0.25) is 0 Å². The molecule has 1 aromatic heterocycles. The molecule has 84 valence electrons. The van der Waals surface area contributed by atoms with Crippen molar-refractivity contribution in [1.29, 1.82) is 0 Å². The zero-order valence-corrected chi connectivity index (χ0v) is 10.0. The highest BCUT2D eigenvalue weighted by molar-refractivity contribution is 5.25. The van der Waals surface area contributed by atoms with Gasteiger partial charge in [0.25, 0.3) is 0 Å². The molecule has 3 heteroatoms. The molecule has 3 nitrogen and oxygen atoms in total. The highest BCUT2D eigenvalue weighted by atomic mass is 16.5. The third kappa shape index (κ3) is 3.51. The molecule has 0 aliphatic carbocycles. The molecule has 15 heavy (non-hydrogen) atoms. The molecule has 1 rings (SSSR count). The largest absolute Gasteiger partial charge is 0.481 e. The average molecular weight is 208 g/mol. The first-order chi connectivity index (χ1) is 6.96. The molecule has 0 amide bonds. The molecule has 2 N–H and O–H groups in total. The first-order valence-corrected chi connectivity index (χ1v) is 5.18. The van der Waals surface area contributed by atoms with Gasteiger partial charge in [0.05, 0.1) is 7.11 Å². The maximum absolute atomic E-state index is 5.72. The zero-order valence-electron chi connectivity index (χ0n) is 10.0. The van der Waals surface area contributed by atoms with Crippen molar-refractivity contribution in [3.8, 4) is 5.88 Å². The normalized spacial score (nSPS) is 11.5. The summed E-state index contributed by atoms with van der Waals surface area (Å²) < 4.78 is 5.14. The van der Waals surface area contributed by atoms with Gasteiger partial charge in [-0.1, -0.05) is 13.8 Å². The predicted molar refractivity (Wildman–Crippen MR) is 62.1 cm³/mol. The van der Waals surface area contributed by atoms with Gasteiger partial charge in [-0.25, -0.2) is 4.98 Å². The molecule has 0 aliphatic heterocycles. The number of ether oxygens (including phenoxy) is 1. The number of hydrogen-bond acceptors (Lipinski definition) is 3. The summed E-state index contributed by atoms with van der Waals surface area (Å²) in [4.78, 5) is 4.25. The second-order valence-electron chi connectivity index (χ2n) is 4.70. The van der Waals surface area contributed by atoms with Crippen LogP contribution in [-0.2, 0) is 6.42 Å². The maximum atomic E-state index is 5.72. The maximum Gasteiger partial charge on any atom is 0.213 e. The van der Waals surface area contributed by atoms with Gasteiger partial charge in [-0.2, -0.15) is 0 Å². The van der Waals surface area contributed by atoms with Crippen molar-refractivity contribution < 1.29 is 4.74 Å². The second kappa shape index (κ2) is 4.62. The molecular formula is C12H20N2O. The van der Waals surface area contributed by atoms with Crippen molar-refractivity contribution in [1.82, 2.24) is 4.98 Å². The summed E-state index contributed by atoms with van der Waals surface area (Å²) in [5.74, 6) is 0.679. The minimum absolute atomic E-state index is 0.124. The van der Waals surface area contributed by atoms with E-state index in [0.717, 1.165) is 12.1 Å². The number of nitrogens with two attached hydrogens (primary N) is 1. The van der Waals surface area contributed by atoms with Gasteiger partial charge in [0, 0.05) is 11.8 Å². The molecule has 0 aromatic carbocycles. The van der Waals surface area contributed by atoms with E-state index in [9.17, 15) is 0 Å². The molecule has 0 unspecified atom stereocenters. The fourth-order valence-corrected chi connectivity index (χ4v) is 1.54. The van der Waals surface area contributed by atoms with Crippen LogP contribution >= 0.6 is 0 Å². The molecule has 1 aromatic rings. The Kier molecular flexibility index (Phi) is 3.69. The Morgan fingerprint density at radius 3 is 2.60 bits per heavy atom. The number of aromatic nitrogens is 1. The fourth-order valence-electron chi connectivity index (χ4n) is 1.54. The molecule has 0 saturated carbocycles. The van der Waals surface area contributed by atoms with Crippen LogP contribution in [-0.4, -0.2) is 18.6 Å². The second-order valence-corrected chi connectivity index (χ2v) is 4.70. The smallest absolute Gasteiger partial charge is 0.213 e. The van der Waals surface area contributed by atoms with E-state index in [2.05, 4.69) is 24.9 Å². The Morgan fingerprint density at radius 1 is 1.40 bits per heavy atom. The van der Waals surface area contributed by atoms with E-state index in [1.165, 1.54) is 5.56 Å². The van der Waals surface area contributed by atoms with Gasteiger partial charge in [-0.15, -0.1) is 0 Å². The highest BCUT2D eigenvalue weighted by Crippen LogP contribution is 2.22. The van der Waals surface area contributed by atoms with Crippen LogP contribution in [0.1, 0.15) is 25.1 Å². The van der Waals surface area contributed by atoms with Gasteiger partial charge in [0.15, 0.2) is 0 Å². The Hall–Kier alpha value is -1.09. The molecule has 0 aliphatic rings. The number of aryl methyl sites for hydroxylation is 1. The highest BCUT2D eigenvalue weighted by Gasteiger charge is 2.16. The summed E-state index contributed by atoms with van der Waals surface area (Å²) in [6, 6.07) is 4.06. The predicted octanol–water partition coefficient (Wildman–Crippen LogP) is 1.93. The molecule has 0 saturated heterocycles. The van der Waals surface area contributed by atoms with Crippen LogP contribution in [0.4, 0.5) is 0 Å². The van der Waals surface area contributed by atoms with Crippen LogP contribution in [0.3, 0.4) is 0 Å². The molecule has 1 heterocycles. The zero-order chi connectivity index (χ0) is 11.5. The third-order valence-electron chi connectivity index (χ3n) is 2.43. The van der Waals surface area contributed by atoms with Crippen LogP contribution in [0.25, 0.3) is 0 Å². The first-order valence-electron chi connectivity index (χ1n) is 5.18. The van der Waals surface area contributed by atoms with E-state index in [0.29, 0.717) is 12.4 Å². The Labute approximate surface area is 91.7 Å². The minimum atomic E-state index is 0.124. The Balaban J connectivity index is 2.90. The van der Waals surface area contributed by atoms with Crippen LogP contribution < -0.4 is 10.5 Å². The summed E-state index contributed by atoms with van der Waals surface area (Å²) in [6.07, 6.45) is 0.948. The van der Waals surface area contributed by atoms with Gasteiger partial charge < -0.3 is 10.5 Å². The number of hydrogen-bond donors (Lipinski definition) is 1. The Morgan fingerprint density at radius 2 is 2.07 bits per heavy atom. The first kappa shape index (κ1) is 12.0. The third-order valence-corrected chi connectivity index (χ3v) is 2.43. The van der Waals surface area contributed by atoms with Crippen LogP contribution in [0, 0.1) is 12.3 Å². The van der Waals surface area contributed by atoms with E-state index in [4.69, 9.17) is 10.5 Å². The van der Waals surface area contributed by atoms with E-state index >= 15 is 0 Å². The summed E-state index contributed by atoms with van der Waals surface area (Å²) in [6.45, 7) is 6.97. The lowest BCUT2D eigenvalue weighted by atomic mass is 9.86. The summed E-state index contributed by atoms with van der Waals surface area (Å²) in [5.41, 5.74) is 8.05. The topological polar surface area (TPSA) is 48.1 Å². The quantitative estimate of drug-likeness (QED) is 0.822. The van der Waals surface area contributed by atoms with Gasteiger partial charge >= 0.3 is 0 Å². The lowest BCUT2D eigenvalue weighted by Gasteiger charge is -2.22. The molecule has 0 radical (unpaired) electrons. The summed E-state index contributed by atoms with van der Waals surface area (Å²) in [7, 11) is 1.64. The van der Waals surface area contributed by atoms with E-state index in [-0.39, 0.29) is 5.41 Å². The molecule has 0 bridgehead atoms. The molecule has 0 atom stereocenters. The van der Waals surface area contributed by atoms with Crippen molar-refractivity contribution in [2.24, 2.45) is 11.1 Å². The summed E-state index contributed by atoms with van der Waals surface area (Å²) in [5, 5.41) is 0. The van der Waals surface area contributed by atoms with E-state index in [1.807, 2.05) is 13.0 Å². The number of nitrogens with zero attached hydrogens (tertiary/aromatic N) is 1.